The second-order valence-corrected chi connectivity index (χ2v) is 5.54. The standard InChI is InChI=1S/C14H8F2INO3/c15-14(16)20-11-6-5-10(7-12(11)21-14)18-13(19)8-1-3-9(17)4-2-8/h1-7H,(H,18,19). The first-order valence-corrected chi connectivity index (χ1v) is 6.98. The first kappa shape index (κ1) is 14.1. The molecule has 0 radical (unpaired) electrons. The highest BCUT2D eigenvalue weighted by Crippen LogP contribution is 2.42. The van der Waals surface area contributed by atoms with Gasteiger partial charge in [-0.1, -0.05) is 0 Å². The fourth-order valence-corrected chi connectivity index (χ4v) is 2.19. The molecule has 108 valence electrons. The van der Waals surface area contributed by atoms with Gasteiger partial charge in [0.05, 0.1) is 0 Å². The normalized spacial score (nSPS) is 14.8. The number of nitrogens with one attached hydrogen (secondary N) is 1. The van der Waals surface area contributed by atoms with E-state index >= 15 is 0 Å². The topological polar surface area (TPSA) is 47.6 Å². The molecule has 21 heavy (non-hydrogen) atoms. The van der Waals surface area contributed by atoms with E-state index in [1.165, 1.54) is 18.2 Å². The maximum atomic E-state index is 12.9. The summed E-state index contributed by atoms with van der Waals surface area (Å²) < 4.78 is 35.4. The van der Waals surface area contributed by atoms with Gasteiger partial charge in [0.25, 0.3) is 5.91 Å². The quantitative estimate of drug-likeness (QED) is 0.775. The molecule has 7 heteroatoms. The highest BCUT2D eigenvalue weighted by atomic mass is 127. The van der Waals surface area contributed by atoms with Gasteiger partial charge in [-0.3, -0.25) is 4.79 Å². The van der Waals surface area contributed by atoms with Gasteiger partial charge in [0.2, 0.25) is 0 Å². The van der Waals surface area contributed by atoms with E-state index in [0.717, 1.165) is 3.57 Å². The fourth-order valence-electron chi connectivity index (χ4n) is 1.83. The lowest BCUT2D eigenvalue weighted by Gasteiger charge is -2.06. The Labute approximate surface area is 132 Å². The zero-order chi connectivity index (χ0) is 15.0. The SMILES string of the molecule is O=C(Nc1ccc2c(c1)OC(F)(F)O2)c1ccc(I)cc1. The third-order valence-corrected chi connectivity index (χ3v) is 3.48. The summed E-state index contributed by atoms with van der Waals surface area (Å²) in [5.74, 6) is -0.510. The predicted molar refractivity (Wildman–Crippen MR) is 79.8 cm³/mol. The maximum Gasteiger partial charge on any atom is 0.586 e. The van der Waals surface area contributed by atoms with E-state index in [4.69, 9.17) is 0 Å². The highest BCUT2D eigenvalue weighted by molar-refractivity contribution is 14.1. The molecule has 1 heterocycles. The van der Waals surface area contributed by atoms with Gasteiger partial charge >= 0.3 is 6.29 Å². The molecular weight excluding hydrogens is 395 g/mol. The van der Waals surface area contributed by atoms with Crippen LogP contribution >= 0.6 is 22.6 Å². The number of carbonyl (C=O) groups excluding carboxylic acids is 1. The van der Waals surface area contributed by atoms with Crippen molar-refractivity contribution in [1.82, 2.24) is 0 Å². The van der Waals surface area contributed by atoms with Crippen LogP contribution in [0.25, 0.3) is 0 Å². The van der Waals surface area contributed by atoms with E-state index in [9.17, 15) is 13.6 Å². The Hall–Kier alpha value is -1.90. The van der Waals surface area contributed by atoms with Gasteiger partial charge in [0.15, 0.2) is 11.5 Å². The van der Waals surface area contributed by atoms with E-state index < -0.39 is 6.29 Å². The monoisotopic (exact) mass is 403 g/mol. The van der Waals surface area contributed by atoms with E-state index in [2.05, 4.69) is 37.4 Å². The molecule has 1 N–H and O–H groups in total. The van der Waals surface area contributed by atoms with Crippen LogP contribution in [0.3, 0.4) is 0 Å². The van der Waals surface area contributed by atoms with Gasteiger partial charge in [-0.2, -0.15) is 0 Å². The molecule has 0 saturated carbocycles. The molecule has 0 aromatic heterocycles. The van der Waals surface area contributed by atoms with Gasteiger partial charge in [0, 0.05) is 20.9 Å². The summed E-state index contributed by atoms with van der Waals surface area (Å²) in [5.41, 5.74) is 0.817. The van der Waals surface area contributed by atoms with Gasteiger partial charge in [0.1, 0.15) is 0 Å². The smallest absolute Gasteiger partial charge is 0.395 e. The first-order chi connectivity index (χ1) is 9.93. The van der Waals surface area contributed by atoms with Crippen LogP contribution in [0.5, 0.6) is 11.5 Å². The molecule has 3 rings (SSSR count). The minimum atomic E-state index is -3.67. The van der Waals surface area contributed by atoms with Crippen molar-refractivity contribution in [3.05, 3.63) is 51.6 Å². The Kier molecular flexibility index (Phi) is 3.44. The van der Waals surface area contributed by atoms with Crippen LogP contribution in [0.2, 0.25) is 0 Å². The number of ether oxygens (including phenoxy) is 2. The molecule has 0 spiro atoms. The lowest BCUT2D eigenvalue weighted by molar-refractivity contribution is -0.286. The number of fused-ring (bicyclic) bond motifs is 1. The Morgan fingerprint density at radius 3 is 2.43 bits per heavy atom. The number of carbonyl (C=O) groups is 1. The molecular formula is C14H8F2INO3. The molecule has 1 amide bonds. The molecule has 0 unspecified atom stereocenters. The van der Waals surface area contributed by atoms with Crippen molar-refractivity contribution in [2.24, 2.45) is 0 Å². The van der Waals surface area contributed by atoms with Crippen molar-refractivity contribution < 1.29 is 23.0 Å². The molecule has 1 aliphatic heterocycles. The summed E-state index contributed by atoms with van der Waals surface area (Å²) in [4.78, 5) is 12.0. The summed E-state index contributed by atoms with van der Waals surface area (Å²) >= 11 is 2.13. The number of rotatable bonds is 2. The van der Waals surface area contributed by atoms with Gasteiger partial charge in [-0.05, 0) is 59.0 Å². The zero-order valence-electron chi connectivity index (χ0n) is 10.4. The third kappa shape index (κ3) is 3.07. The molecule has 4 nitrogen and oxygen atoms in total. The first-order valence-electron chi connectivity index (χ1n) is 5.90. The third-order valence-electron chi connectivity index (χ3n) is 2.77. The largest absolute Gasteiger partial charge is 0.586 e. The Balaban J connectivity index is 1.77. The lowest BCUT2D eigenvalue weighted by atomic mass is 10.2. The number of hydrogen-bond donors (Lipinski definition) is 1. The number of hydrogen-bond acceptors (Lipinski definition) is 3. The zero-order valence-corrected chi connectivity index (χ0v) is 12.6. The Bertz CT molecular complexity index is 704. The number of amides is 1. The average molecular weight is 403 g/mol. The molecule has 2 aromatic carbocycles. The fraction of sp³-hybridized carbons (Fsp3) is 0.0714. The Morgan fingerprint density at radius 2 is 1.71 bits per heavy atom. The van der Waals surface area contributed by atoms with E-state index in [1.807, 2.05) is 0 Å². The van der Waals surface area contributed by atoms with Crippen molar-refractivity contribution in [3.8, 4) is 11.5 Å². The van der Waals surface area contributed by atoms with Crippen molar-refractivity contribution in [3.63, 3.8) is 0 Å². The average Bonchev–Trinajstić information content (AvgIpc) is 2.72. The van der Waals surface area contributed by atoms with E-state index in [1.54, 1.807) is 24.3 Å². The highest BCUT2D eigenvalue weighted by Gasteiger charge is 2.43. The van der Waals surface area contributed by atoms with Crippen LogP contribution < -0.4 is 14.8 Å². The van der Waals surface area contributed by atoms with Gasteiger partial charge in [-0.25, -0.2) is 0 Å². The summed E-state index contributed by atoms with van der Waals surface area (Å²) in [6.45, 7) is 0. The second-order valence-electron chi connectivity index (χ2n) is 4.29. The Morgan fingerprint density at radius 1 is 1.05 bits per heavy atom. The maximum absolute atomic E-state index is 12.9. The van der Waals surface area contributed by atoms with Crippen molar-refractivity contribution >= 4 is 34.2 Å². The van der Waals surface area contributed by atoms with Crippen LogP contribution in [-0.2, 0) is 0 Å². The molecule has 0 atom stereocenters. The molecule has 2 aromatic rings. The number of alkyl halides is 2. The number of halogens is 3. The molecule has 0 saturated heterocycles. The molecule has 0 aliphatic carbocycles. The summed E-state index contributed by atoms with van der Waals surface area (Å²) in [6.07, 6.45) is -3.67. The minimum absolute atomic E-state index is 0.0627. The van der Waals surface area contributed by atoms with Gasteiger partial charge < -0.3 is 14.8 Å². The van der Waals surface area contributed by atoms with Crippen LogP contribution in [0.1, 0.15) is 10.4 Å². The van der Waals surface area contributed by atoms with Gasteiger partial charge in [-0.15, -0.1) is 8.78 Å². The van der Waals surface area contributed by atoms with Crippen LogP contribution in [-0.4, -0.2) is 12.2 Å². The van der Waals surface area contributed by atoms with Crippen molar-refractivity contribution in [1.29, 1.82) is 0 Å². The summed E-state index contributed by atoms with van der Waals surface area (Å²) in [6, 6.07) is 11.0. The van der Waals surface area contributed by atoms with E-state index in [0.29, 0.717) is 11.3 Å². The molecule has 0 fully saturated rings. The predicted octanol–water partition coefficient (Wildman–Crippen LogP) is 3.87. The van der Waals surface area contributed by atoms with E-state index in [-0.39, 0.29) is 17.4 Å². The van der Waals surface area contributed by atoms with Crippen LogP contribution in [0.15, 0.2) is 42.5 Å². The lowest BCUT2D eigenvalue weighted by Crippen LogP contribution is -2.25. The van der Waals surface area contributed by atoms with Crippen LogP contribution in [0, 0.1) is 3.57 Å². The number of benzene rings is 2. The summed E-state index contributed by atoms with van der Waals surface area (Å²) in [5, 5.41) is 2.61. The van der Waals surface area contributed by atoms with Crippen molar-refractivity contribution in [2.45, 2.75) is 6.29 Å². The number of anilines is 1. The second kappa shape index (κ2) is 5.14. The summed E-state index contributed by atoms with van der Waals surface area (Å²) in [7, 11) is 0. The molecule has 0 bridgehead atoms. The van der Waals surface area contributed by atoms with Crippen LogP contribution in [0.4, 0.5) is 14.5 Å². The molecule has 1 aliphatic rings. The van der Waals surface area contributed by atoms with Crippen molar-refractivity contribution in [2.75, 3.05) is 5.32 Å². The minimum Gasteiger partial charge on any atom is -0.395 e.